The van der Waals surface area contributed by atoms with Gasteiger partial charge in [0, 0.05) is 0 Å². The van der Waals surface area contributed by atoms with Gasteiger partial charge in [0.2, 0.25) is 0 Å². The van der Waals surface area contributed by atoms with E-state index in [1.54, 1.807) is 6.07 Å². The van der Waals surface area contributed by atoms with E-state index in [2.05, 4.69) is 93.3 Å². The van der Waals surface area contributed by atoms with Gasteiger partial charge in [0.15, 0.2) is 0 Å². The molecule has 0 aliphatic heterocycles. The smallest absolute Gasteiger partial charge is 0.115 e. The highest BCUT2D eigenvalue weighted by Crippen LogP contribution is 2.33. The molecule has 0 saturated heterocycles. The fourth-order valence-corrected chi connectivity index (χ4v) is 18.0. The summed E-state index contributed by atoms with van der Waals surface area (Å²) >= 11 is 0. The zero-order valence-corrected chi connectivity index (χ0v) is 18.8. The Labute approximate surface area is 165 Å². The predicted octanol–water partition coefficient (Wildman–Crippen LogP) is 5.18. The van der Waals surface area contributed by atoms with Crippen LogP contribution in [0.2, 0.25) is 25.7 Å². The van der Waals surface area contributed by atoms with E-state index in [4.69, 9.17) is 0 Å². The Balaban J connectivity index is 2.03. The third-order valence-electron chi connectivity index (χ3n) is 6.31. The van der Waals surface area contributed by atoms with Crippen molar-refractivity contribution in [3.8, 4) is 5.75 Å². The molecule has 1 N–H and O–H groups in total. The predicted molar refractivity (Wildman–Crippen MR) is 123 cm³/mol. The quantitative estimate of drug-likeness (QED) is 0.575. The average Bonchev–Trinajstić information content (AvgIpc) is 2.68. The molecule has 0 fully saturated rings. The SMILES string of the molecule is CC(C[Si](C)(C)[Si](C)(c1ccccc1)c1ccccc1)c1cccc(O)c1. The molecule has 3 aromatic rings. The molecule has 3 aromatic carbocycles. The minimum absolute atomic E-state index is 0.366. The number of phenols is 1. The van der Waals surface area contributed by atoms with Crippen LogP contribution in [0.3, 0.4) is 0 Å². The van der Waals surface area contributed by atoms with Gasteiger partial charge < -0.3 is 5.11 Å². The highest BCUT2D eigenvalue weighted by Gasteiger charge is 2.47. The first-order valence-electron chi connectivity index (χ1n) is 9.74. The summed E-state index contributed by atoms with van der Waals surface area (Å²) in [7, 11) is -3.51. The molecule has 0 aliphatic carbocycles. The number of rotatable bonds is 6. The molecular weight excluding hydrogens is 360 g/mol. The largest absolute Gasteiger partial charge is 0.508 e. The van der Waals surface area contributed by atoms with E-state index >= 15 is 0 Å². The maximum Gasteiger partial charge on any atom is 0.115 e. The Bertz CT molecular complexity index is 836. The fourth-order valence-electron chi connectivity index (χ4n) is 4.41. The molecule has 27 heavy (non-hydrogen) atoms. The Kier molecular flexibility index (Phi) is 5.73. The molecule has 0 saturated carbocycles. The van der Waals surface area contributed by atoms with Gasteiger partial charge in [-0.3, -0.25) is 0 Å². The minimum atomic E-state index is -1.86. The van der Waals surface area contributed by atoms with E-state index in [-0.39, 0.29) is 0 Å². The summed E-state index contributed by atoms with van der Waals surface area (Å²) in [5, 5.41) is 13.0. The average molecular weight is 391 g/mol. The van der Waals surface area contributed by atoms with Crippen molar-refractivity contribution in [3.05, 3.63) is 90.5 Å². The van der Waals surface area contributed by atoms with Crippen LogP contribution in [-0.2, 0) is 0 Å². The molecule has 3 rings (SSSR count). The van der Waals surface area contributed by atoms with Crippen LogP contribution in [0, 0.1) is 0 Å². The highest BCUT2D eigenvalue weighted by atomic mass is 29.3. The second kappa shape index (κ2) is 7.87. The third kappa shape index (κ3) is 3.94. The van der Waals surface area contributed by atoms with Crippen molar-refractivity contribution < 1.29 is 5.11 Å². The van der Waals surface area contributed by atoms with Crippen LogP contribution in [0.1, 0.15) is 18.4 Å². The van der Waals surface area contributed by atoms with E-state index < -0.39 is 15.2 Å². The first-order valence-corrected chi connectivity index (χ1v) is 16.5. The molecule has 0 aromatic heterocycles. The lowest BCUT2D eigenvalue weighted by molar-refractivity contribution is 0.474. The highest BCUT2D eigenvalue weighted by molar-refractivity contribution is 7.50. The van der Waals surface area contributed by atoms with Crippen molar-refractivity contribution in [2.24, 2.45) is 0 Å². The molecule has 1 nitrogen and oxygen atoms in total. The standard InChI is InChI=1S/C24H30OSi2/c1-20(21-12-11-13-22(25)18-21)19-26(2,3)27(4,23-14-7-5-8-15-23)24-16-9-6-10-17-24/h5-18,20,25H,19H2,1-4H3. The van der Waals surface area contributed by atoms with Crippen molar-refractivity contribution in [1.82, 2.24) is 0 Å². The topological polar surface area (TPSA) is 20.2 Å². The Morgan fingerprint density at radius 3 is 1.74 bits per heavy atom. The van der Waals surface area contributed by atoms with Crippen molar-refractivity contribution in [3.63, 3.8) is 0 Å². The van der Waals surface area contributed by atoms with Crippen molar-refractivity contribution in [1.29, 1.82) is 0 Å². The number of aromatic hydroxyl groups is 1. The minimum Gasteiger partial charge on any atom is -0.508 e. The number of phenolic OH excluding ortho intramolecular Hbond substituents is 1. The van der Waals surface area contributed by atoms with E-state index in [1.807, 2.05) is 12.1 Å². The zero-order valence-electron chi connectivity index (χ0n) is 16.8. The van der Waals surface area contributed by atoms with Crippen molar-refractivity contribution in [2.75, 3.05) is 0 Å². The van der Waals surface area contributed by atoms with Gasteiger partial charge in [0.05, 0.1) is 7.59 Å². The zero-order chi connectivity index (χ0) is 19.5. The van der Waals surface area contributed by atoms with Crippen LogP contribution in [0.15, 0.2) is 84.9 Å². The van der Waals surface area contributed by atoms with Crippen LogP contribution >= 0.6 is 0 Å². The van der Waals surface area contributed by atoms with Crippen molar-refractivity contribution in [2.45, 2.75) is 38.5 Å². The normalized spacial score (nSPS) is 13.3. The molecule has 0 heterocycles. The van der Waals surface area contributed by atoms with E-state index in [1.165, 1.54) is 22.0 Å². The molecule has 3 heteroatoms. The first kappa shape index (κ1) is 19.6. The maximum atomic E-state index is 9.90. The summed E-state index contributed by atoms with van der Waals surface area (Å²) < 4.78 is 0. The molecule has 1 atom stereocenters. The summed E-state index contributed by atoms with van der Waals surface area (Å²) in [6.07, 6.45) is 0. The number of benzene rings is 3. The van der Waals surface area contributed by atoms with Gasteiger partial charge in [-0.1, -0.05) is 116 Å². The van der Waals surface area contributed by atoms with Gasteiger partial charge in [-0.15, -0.1) is 0 Å². The summed E-state index contributed by atoms with van der Waals surface area (Å²) in [5.41, 5.74) is 1.24. The van der Waals surface area contributed by atoms with Gasteiger partial charge in [0.1, 0.15) is 13.3 Å². The van der Waals surface area contributed by atoms with Crippen LogP contribution < -0.4 is 10.4 Å². The van der Waals surface area contributed by atoms with Gasteiger partial charge in [-0.05, 0) is 23.6 Å². The third-order valence-corrected chi connectivity index (χ3v) is 24.1. The van der Waals surface area contributed by atoms with Crippen LogP contribution in [0.4, 0.5) is 0 Å². The lowest BCUT2D eigenvalue weighted by Gasteiger charge is -2.43. The maximum absolute atomic E-state index is 9.90. The Hall–Kier alpha value is -2.11. The van der Waals surface area contributed by atoms with E-state index in [9.17, 15) is 5.11 Å². The second-order valence-electron chi connectivity index (χ2n) is 8.44. The molecule has 0 aliphatic rings. The molecule has 140 valence electrons. The lowest BCUT2D eigenvalue weighted by Crippen LogP contribution is -2.72. The van der Waals surface area contributed by atoms with Crippen molar-refractivity contribution >= 4 is 25.6 Å². The number of hydrogen-bond acceptors (Lipinski definition) is 1. The molecule has 0 bridgehead atoms. The van der Waals surface area contributed by atoms with Gasteiger partial charge in [0.25, 0.3) is 0 Å². The van der Waals surface area contributed by atoms with E-state index in [0.29, 0.717) is 11.7 Å². The van der Waals surface area contributed by atoms with Crippen LogP contribution in [0.25, 0.3) is 0 Å². The van der Waals surface area contributed by atoms with Gasteiger partial charge in [-0.2, -0.15) is 0 Å². The molecule has 0 radical (unpaired) electrons. The lowest BCUT2D eigenvalue weighted by atomic mass is 10.0. The Morgan fingerprint density at radius 2 is 1.26 bits per heavy atom. The molecule has 1 unspecified atom stereocenters. The second-order valence-corrected chi connectivity index (χ2v) is 23.1. The van der Waals surface area contributed by atoms with Gasteiger partial charge >= 0.3 is 0 Å². The first-order chi connectivity index (χ1) is 12.8. The van der Waals surface area contributed by atoms with Crippen LogP contribution in [-0.4, -0.2) is 20.3 Å². The summed E-state index contributed by atoms with van der Waals surface area (Å²) in [4.78, 5) is 0. The van der Waals surface area contributed by atoms with Gasteiger partial charge in [-0.25, -0.2) is 0 Å². The van der Waals surface area contributed by atoms with Crippen LogP contribution in [0.5, 0.6) is 5.75 Å². The number of hydrogen-bond donors (Lipinski definition) is 1. The summed E-state index contributed by atoms with van der Waals surface area (Å²) in [6.45, 7) is 10.0. The summed E-state index contributed by atoms with van der Waals surface area (Å²) in [5.74, 6) is 0.808. The summed E-state index contributed by atoms with van der Waals surface area (Å²) in [6, 6.07) is 31.4. The monoisotopic (exact) mass is 390 g/mol. The molecule has 0 spiro atoms. The van der Waals surface area contributed by atoms with E-state index in [0.717, 1.165) is 0 Å². The fraction of sp³-hybridized carbons (Fsp3) is 0.250. The molecule has 0 amide bonds. The Morgan fingerprint density at radius 1 is 0.741 bits per heavy atom. The molecular formula is C24H30OSi2.